The van der Waals surface area contributed by atoms with Crippen LogP contribution in [-0.4, -0.2) is 17.9 Å². The fraction of sp³-hybridized carbons (Fsp3) is 0.100. The number of rotatable bonds is 4. The van der Waals surface area contributed by atoms with Gasteiger partial charge < -0.3 is 5.11 Å². The van der Waals surface area contributed by atoms with E-state index in [2.05, 4.69) is 10.0 Å². The Morgan fingerprint density at radius 2 is 2.33 bits per heavy atom. The van der Waals surface area contributed by atoms with Gasteiger partial charge in [-0.2, -0.15) is 0 Å². The molecule has 0 heterocycles. The minimum Gasteiger partial charge on any atom is -0.507 e. The summed E-state index contributed by atoms with van der Waals surface area (Å²) in [4.78, 5) is 13.1. The quantitative estimate of drug-likeness (QED) is 0.353. The summed E-state index contributed by atoms with van der Waals surface area (Å²) in [7, 11) is 0. The summed E-state index contributed by atoms with van der Waals surface area (Å²) in [6.45, 7) is 0.210. The monoisotopic (exact) mass is 203 g/mol. The molecule has 0 radical (unpaired) electrons. The number of carbonyl (C=O) groups is 1. The van der Waals surface area contributed by atoms with Crippen LogP contribution in [0.3, 0.4) is 0 Å². The summed E-state index contributed by atoms with van der Waals surface area (Å²) in [5.74, 6) is 0.0813. The van der Waals surface area contributed by atoms with E-state index in [-0.39, 0.29) is 12.3 Å². The molecule has 15 heavy (non-hydrogen) atoms. The molecule has 5 heteroatoms. The van der Waals surface area contributed by atoms with Crippen LogP contribution in [0, 0.1) is 0 Å². The van der Waals surface area contributed by atoms with E-state index in [1.165, 1.54) is 12.1 Å². The fourth-order valence-electron chi connectivity index (χ4n) is 1.04. The maximum absolute atomic E-state index is 10.5. The van der Waals surface area contributed by atoms with Crippen LogP contribution in [0.4, 0.5) is 0 Å². The molecule has 0 unspecified atom stereocenters. The standard InChI is InChI=1S/C10H9N3O2/c11-13-12-5-1-2-9-6-8(7-14)3-4-10(9)15/h1-4,6-7,15H,5H2. The minimum absolute atomic E-state index is 0.0813. The van der Waals surface area contributed by atoms with Gasteiger partial charge >= 0.3 is 0 Å². The maximum atomic E-state index is 10.5. The van der Waals surface area contributed by atoms with Gasteiger partial charge in [0.15, 0.2) is 0 Å². The van der Waals surface area contributed by atoms with Gasteiger partial charge in [0.05, 0.1) is 0 Å². The lowest BCUT2D eigenvalue weighted by molar-refractivity contribution is 0.112. The number of phenolic OH excluding ortho intramolecular Hbond substituents is 1. The highest BCUT2D eigenvalue weighted by molar-refractivity contribution is 5.77. The molecule has 0 saturated carbocycles. The van der Waals surface area contributed by atoms with Crippen molar-refractivity contribution in [3.8, 4) is 5.75 Å². The lowest BCUT2D eigenvalue weighted by atomic mass is 10.1. The summed E-state index contributed by atoms with van der Waals surface area (Å²) >= 11 is 0. The first kappa shape index (κ1) is 10.8. The van der Waals surface area contributed by atoms with Gasteiger partial charge in [0, 0.05) is 22.6 Å². The maximum Gasteiger partial charge on any atom is 0.150 e. The molecular weight excluding hydrogens is 194 g/mol. The molecule has 0 aliphatic rings. The van der Waals surface area contributed by atoms with E-state index in [4.69, 9.17) is 5.53 Å². The van der Waals surface area contributed by atoms with Crippen LogP contribution in [0.15, 0.2) is 29.4 Å². The Morgan fingerprint density at radius 1 is 1.53 bits per heavy atom. The van der Waals surface area contributed by atoms with Gasteiger partial charge in [-0.15, -0.1) is 0 Å². The topological polar surface area (TPSA) is 86.1 Å². The predicted molar refractivity (Wildman–Crippen MR) is 56.5 cm³/mol. The molecule has 0 aliphatic heterocycles. The van der Waals surface area contributed by atoms with Crippen molar-refractivity contribution in [3.63, 3.8) is 0 Å². The summed E-state index contributed by atoms with van der Waals surface area (Å²) in [6.07, 6.45) is 3.89. The van der Waals surface area contributed by atoms with Crippen molar-refractivity contribution < 1.29 is 9.90 Å². The third-order valence-corrected chi connectivity index (χ3v) is 1.74. The van der Waals surface area contributed by atoms with Gasteiger partial charge in [-0.3, -0.25) is 4.79 Å². The van der Waals surface area contributed by atoms with Gasteiger partial charge in [-0.25, -0.2) is 0 Å². The van der Waals surface area contributed by atoms with E-state index in [0.29, 0.717) is 17.4 Å². The fourth-order valence-corrected chi connectivity index (χ4v) is 1.04. The van der Waals surface area contributed by atoms with E-state index >= 15 is 0 Å². The highest BCUT2D eigenvalue weighted by atomic mass is 16.3. The van der Waals surface area contributed by atoms with Crippen LogP contribution in [-0.2, 0) is 0 Å². The normalized spacial score (nSPS) is 9.87. The number of aromatic hydroxyl groups is 1. The number of hydrogen-bond acceptors (Lipinski definition) is 3. The Bertz CT molecular complexity index is 434. The third-order valence-electron chi connectivity index (χ3n) is 1.74. The lowest BCUT2D eigenvalue weighted by Crippen LogP contribution is -1.82. The molecule has 0 spiro atoms. The highest BCUT2D eigenvalue weighted by Gasteiger charge is 1.98. The molecule has 0 fully saturated rings. The van der Waals surface area contributed by atoms with Crippen LogP contribution in [0.5, 0.6) is 5.75 Å². The molecule has 0 amide bonds. The minimum atomic E-state index is 0.0813. The Kier molecular flexibility index (Phi) is 3.94. The molecule has 1 aromatic carbocycles. The van der Waals surface area contributed by atoms with Crippen LogP contribution in [0.25, 0.3) is 16.5 Å². The summed E-state index contributed by atoms with van der Waals surface area (Å²) in [5.41, 5.74) is 9.03. The van der Waals surface area contributed by atoms with Gasteiger partial charge in [0.25, 0.3) is 0 Å². The zero-order valence-corrected chi connectivity index (χ0v) is 7.87. The molecule has 1 aromatic rings. The first-order valence-electron chi connectivity index (χ1n) is 4.23. The molecule has 1 rings (SSSR count). The molecule has 1 N–H and O–H groups in total. The average Bonchev–Trinajstić information content (AvgIpc) is 2.26. The molecule has 0 bridgehead atoms. The van der Waals surface area contributed by atoms with Gasteiger partial charge in [0.1, 0.15) is 12.0 Å². The van der Waals surface area contributed by atoms with Crippen LogP contribution >= 0.6 is 0 Å². The molecule has 0 atom stereocenters. The van der Waals surface area contributed by atoms with Crippen molar-refractivity contribution in [2.45, 2.75) is 0 Å². The van der Waals surface area contributed by atoms with E-state index in [9.17, 15) is 9.90 Å². The van der Waals surface area contributed by atoms with Crippen molar-refractivity contribution >= 4 is 12.4 Å². The largest absolute Gasteiger partial charge is 0.507 e. The van der Waals surface area contributed by atoms with Gasteiger partial charge in [-0.05, 0) is 23.7 Å². The Hall–Kier alpha value is -2.26. The number of azide groups is 1. The number of benzene rings is 1. The van der Waals surface area contributed by atoms with Crippen molar-refractivity contribution in [2.75, 3.05) is 6.54 Å². The summed E-state index contributed by atoms with van der Waals surface area (Å²) in [6, 6.07) is 4.51. The van der Waals surface area contributed by atoms with E-state index in [0.717, 1.165) is 0 Å². The van der Waals surface area contributed by atoms with E-state index < -0.39 is 0 Å². The smallest absolute Gasteiger partial charge is 0.150 e. The highest BCUT2D eigenvalue weighted by Crippen LogP contribution is 2.19. The second-order valence-corrected chi connectivity index (χ2v) is 2.75. The summed E-state index contributed by atoms with van der Waals surface area (Å²) < 4.78 is 0. The van der Waals surface area contributed by atoms with E-state index in [1.54, 1.807) is 18.2 Å². The molecular formula is C10H9N3O2. The molecule has 0 saturated heterocycles. The number of hydrogen-bond donors (Lipinski definition) is 1. The first-order valence-corrected chi connectivity index (χ1v) is 4.23. The van der Waals surface area contributed by atoms with Crippen LogP contribution in [0.2, 0.25) is 0 Å². The van der Waals surface area contributed by atoms with Gasteiger partial charge in [0.2, 0.25) is 0 Å². The predicted octanol–water partition coefficient (Wildman–Crippen LogP) is 2.53. The molecule has 5 nitrogen and oxygen atoms in total. The average molecular weight is 203 g/mol. The lowest BCUT2D eigenvalue weighted by Gasteiger charge is -1.98. The number of carbonyl (C=O) groups excluding carboxylic acids is 1. The Balaban J connectivity index is 2.87. The number of nitrogens with zero attached hydrogens (tertiary/aromatic N) is 3. The van der Waals surface area contributed by atoms with Crippen molar-refractivity contribution in [1.29, 1.82) is 0 Å². The second-order valence-electron chi connectivity index (χ2n) is 2.75. The van der Waals surface area contributed by atoms with Crippen molar-refractivity contribution in [1.82, 2.24) is 0 Å². The van der Waals surface area contributed by atoms with Crippen molar-refractivity contribution in [2.24, 2.45) is 5.11 Å². The number of phenols is 1. The Morgan fingerprint density at radius 3 is 3.00 bits per heavy atom. The van der Waals surface area contributed by atoms with Gasteiger partial charge in [-0.1, -0.05) is 17.3 Å². The van der Waals surface area contributed by atoms with Crippen LogP contribution in [0.1, 0.15) is 15.9 Å². The molecule has 0 aliphatic carbocycles. The third kappa shape index (κ3) is 3.17. The number of aldehydes is 1. The first-order chi connectivity index (χ1) is 7.27. The SMILES string of the molecule is [N-]=[N+]=NCC=Cc1cc(C=O)ccc1O. The van der Waals surface area contributed by atoms with E-state index in [1.807, 2.05) is 0 Å². The summed E-state index contributed by atoms with van der Waals surface area (Å²) in [5, 5.41) is 12.7. The molecule has 0 aromatic heterocycles. The van der Waals surface area contributed by atoms with Crippen LogP contribution < -0.4 is 0 Å². The van der Waals surface area contributed by atoms with Crippen molar-refractivity contribution in [3.05, 3.63) is 45.8 Å². The second kappa shape index (κ2) is 5.47. The zero-order valence-electron chi connectivity index (χ0n) is 7.87. The zero-order chi connectivity index (χ0) is 11.1. The Labute approximate surface area is 86.3 Å². The molecule has 76 valence electrons.